The third-order valence-electron chi connectivity index (χ3n) is 4.91. The Morgan fingerprint density at radius 3 is 2.83 bits per heavy atom. The first kappa shape index (κ1) is 20.9. The number of methoxy groups -OCH3 is 1. The lowest BCUT2D eigenvalue weighted by Gasteiger charge is -2.18. The Hall–Kier alpha value is -2.80. The number of primary amides is 1. The SMILES string of the molecule is CCOc1ccc(C=CC(=O)Nc2sc3c(c2C(N)=O)CCC(C)C3)cc1OC. The number of rotatable bonds is 7. The van der Waals surface area contributed by atoms with Crippen molar-refractivity contribution in [3.8, 4) is 11.5 Å². The Kier molecular flexibility index (Phi) is 6.59. The van der Waals surface area contributed by atoms with Crippen LogP contribution >= 0.6 is 11.3 Å². The highest BCUT2D eigenvalue weighted by Gasteiger charge is 2.26. The van der Waals surface area contributed by atoms with Gasteiger partial charge in [-0.15, -0.1) is 11.3 Å². The number of anilines is 1. The molecular formula is C22H26N2O4S. The van der Waals surface area contributed by atoms with Crippen LogP contribution < -0.4 is 20.5 Å². The van der Waals surface area contributed by atoms with Crippen LogP contribution in [0.3, 0.4) is 0 Å². The lowest BCUT2D eigenvalue weighted by atomic mass is 9.88. The van der Waals surface area contributed by atoms with E-state index in [0.29, 0.717) is 34.6 Å². The van der Waals surface area contributed by atoms with E-state index in [0.717, 1.165) is 35.3 Å². The first-order valence-corrected chi connectivity index (χ1v) is 10.5. The zero-order chi connectivity index (χ0) is 21.0. The van der Waals surface area contributed by atoms with Gasteiger partial charge in [-0.3, -0.25) is 9.59 Å². The van der Waals surface area contributed by atoms with Gasteiger partial charge < -0.3 is 20.5 Å². The zero-order valence-electron chi connectivity index (χ0n) is 16.9. The summed E-state index contributed by atoms with van der Waals surface area (Å²) in [7, 11) is 1.57. The van der Waals surface area contributed by atoms with E-state index < -0.39 is 5.91 Å². The largest absolute Gasteiger partial charge is 0.493 e. The lowest BCUT2D eigenvalue weighted by molar-refractivity contribution is -0.111. The number of amides is 2. The second kappa shape index (κ2) is 9.13. The molecule has 3 N–H and O–H groups in total. The van der Waals surface area contributed by atoms with Gasteiger partial charge >= 0.3 is 0 Å². The molecule has 2 amide bonds. The highest BCUT2D eigenvalue weighted by Crippen LogP contribution is 2.39. The van der Waals surface area contributed by atoms with Crippen LogP contribution in [0.1, 0.15) is 46.6 Å². The van der Waals surface area contributed by atoms with Crippen LogP contribution in [0.15, 0.2) is 24.3 Å². The molecule has 7 heteroatoms. The van der Waals surface area contributed by atoms with E-state index in [9.17, 15) is 9.59 Å². The van der Waals surface area contributed by atoms with Crippen molar-refractivity contribution in [3.05, 3.63) is 45.8 Å². The summed E-state index contributed by atoms with van der Waals surface area (Å²) in [6, 6.07) is 5.45. The normalized spacial score (nSPS) is 15.8. The molecule has 0 saturated heterocycles. The van der Waals surface area contributed by atoms with E-state index >= 15 is 0 Å². The number of nitrogens with one attached hydrogen (secondary N) is 1. The average molecular weight is 415 g/mol. The highest BCUT2D eigenvalue weighted by atomic mass is 32.1. The number of thiophene rings is 1. The zero-order valence-corrected chi connectivity index (χ0v) is 17.7. The summed E-state index contributed by atoms with van der Waals surface area (Å²) in [5, 5.41) is 3.37. The maximum atomic E-state index is 12.5. The van der Waals surface area contributed by atoms with Gasteiger partial charge in [0.1, 0.15) is 5.00 Å². The third kappa shape index (κ3) is 4.79. The summed E-state index contributed by atoms with van der Waals surface area (Å²) in [5.41, 5.74) is 7.86. The molecule has 0 radical (unpaired) electrons. The maximum Gasteiger partial charge on any atom is 0.251 e. The molecule has 2 aromatic rings. The minimum absolute atomic E-state index is 0.313. The van der Waals surface area contributed by atoms with E-state index in [2.05, 4.69) is 12.2 Å². The molecule has 0 saturated carbocycles. The van der Waals surface area contributed by atoms with E-state index in [-0.39, 0.29) is 5.91 Å². The Labute approximate surface area is 174 Å². The number of ether oxygens (including phenoxy) is 2. The summed E-state index contributed by atoms with van der Waals surface area (Å²) in [5.74, 6) is 1.02. The van der Waals surface area contributed by atoms with Crippen molar-refractivity contribution in [1.29, 1.82) is 0 Å². The van der Waals surface area contributed by atoms with Gasteiger partial charge in [-0.1, -0.05) is 13.0 Å². The first-order chi connectivity index (χ1) is 13.9. The number of carbonyl (C=O) groups is 2. The number of carbonyl (C=O) groups excluding carboxylic acids is 2. The molecule has 0 spiro atoms. The Balaban J connectivity index is 1.77. The van der Waals surface area contributed by atoms with Crippen LogP contribution in [0.2, 0.25) is 0 Å². The molecule has 1 aliphatic carbocycles. The van der Waals surface area contributed by atoms with Crippen LogP contribution in [0.25, 0.3) is 6.08 Å². The van der Waals surface area contributed by atoms with Crippen LogP contribution in [0.5, 0.6) is 11.5 Å². The first-order valence-electron chi connectivity index (χ1n) is 9.67. The van der Waals surface area contributed by atoms with Gasteiger partial charge in [0.2, 0.25) is 5.91 Å². The molecular weight excluding hydrogens is 388 g/mol. The van der Waals surface area contributed by atoms with Crippen molar-refractivity contribution < 1.29 is 19.1 Å². The quantitative estimate of drug-likeness (QED) is 0.669. The predicted octanol–water partition coefficient (Wildman–Crippen LogP) is 4.03. The van der Waals surface area contributed by atoms with Gasteiger partial charge in [0.15, 0.2) is 11.5 Å². The summed E-state index contributed by atoms with van der Waals surface area (Å²) in [4.78, 5) is 25.6. The smallest absolute Gasteiger partial charge is 0.251 e. The molecule has 154 valence electrons. The number of nitrogens with two attached hydrogens (primary N) is 1. The molecule has 1 aliphatic rings. The Morgan fingerprint density at radius 1 is 1.34 bits per heavy atom. The molecule has 1 atom stereocenters. The van der Waals surface area contributed by atoms with Gasteiger partial charge in [0, 0.05) is 11.0 Å². The summed E-state index contributed by atoms with van der Waals surface area (Å²) in [6.45, 7) is 4.64. The topological polar surface area (TPSA) is 90.6 Å². The Morgan fingerprint density at radius 2 is 2.14 bits per heavy atom. The molecule has 1 unspecified atom stereocenters. The molecule has 0 aliphatic heterocycles. The van der Waals surface area contributed by atoms with Crippen molar-refractivity contribution in [3.63, 3.8) is 0 Å². The van der Waals surface area contributed by atoms with Gasteiger partial charge in [-0.25, -0.2) is 0 Å². The Bertz CT molecular complexity index is 949. The molecule has 1 aromatic carbocycles. The molecule has 0 bridgehead atoms. The van der Waals surface area contributed by atoms with E-state index in [1.54, 1.807) is 25.3 Å². The predicted molar refractivity (Wildman–Crippen MR) is 116 cm³/mol. The van der Waals surface area contributed by atoms with Crippen LogP contribution in [-0.4, -0.2) is 25.5 Å². The monoisotopic (exact) mass is 414 g/mol. The molecule has 29 heavy (non-hydrogen) atoms. The van der Waals surface area contributed by atoms with Crippen molar-refractivity contribution in [2.75, 3.05) is 19.0 Å². The van der Waals surface area contributed by atoms with Crippen molar-refractivity contribution in [2.45, 2.75) is 33.1 Å². The second-order valence-electron chi connectivity index (χ2n) is 7.09. The van der Waals surface area contributed by atoms with Crippen LogP contribution in [-0.2, 0) is 17.6 Å². The van der Waals surface area contributed by atoms with Gasteiger partial charge in [0.05, 0.1) is 19.3 Å². The van der Waals surface area contributed by atoms with Gasteiger partial charge in [-0.05, 0) is 61.4 Å². The van der Waals surface area contributed by atoms with Crippen LogP contribution in [0, 0.1) is 5.92 Å². The fraction of sp³-hybridized carbons (Fsp3) is 0.364. The molecule has 0 fully saturated rings. The van der Waals surface area contributed by atoms with E-state index in [1.165, 1.54) is 17.4 Å². The summed E-state index contributed by atoms with van der Waals surface area (Å²) >= 11 is 1.45. The minimum Gasteiger partial charge on any atom is -0.493 e. The van der Waals surface area contributed by atoms with Crippen molar-refractivity contribution in [2.24, 2.45) is 11.7 Å². The van der Waals surface area contributed by atoms with E-state index in [1.807, 2.05) is 13.0 Å². The number of hydrogen-bond donors (Lipinski definition) is 2. The summed E-state index contributed by atoms with van der Waals surface area (Å²) < 4.78 is 10.8. The maximum absolute atomic E-state index is 12.5. The van der Waals surface area contributed by atoms with Crippen molar-refractivity contribution in [1.82, 2.24) is 0 Å². The minimum atomic E-state index is -0.493. The van der Waals surface area contributed by atoms with Gasteiger partial charge in [-0.2, -0.15) is 0 Å². The molecule has 6 nitrogen and oxygen atoms in total. The molecule has 1 aromatic heterocycles. The fourth-order valence-corrected chi connectivity index (χ4v) is 4.91. The number of benzene rings is 1. The second-order valence-corrected chi connectivity index (χ2v) is 8.19. The van der Waals surface area contributed by atoms with E-state index in [4.69, 9.17) is 15.2 Å². The van der Waals surface area contributed by atoms with Gasteiger partial charge in [0.25, 0.3) is 5.91 Å². The van der Waals surface area contributed by atoms with Crippen LogP contribution in [0.4, 0.5) is 5.00 Å². The third-order valence-corrected chi connectivity index (χ3v) is 6.08. The highest BCUT2D eigenvalue weighted by molar-refractivity contribution is 7.17. The molecule has 1 heterocycles. The standard InChI is InChI=1S/C22H26N2O4S/c1-4-28-16-9-6-14(12-17(16)27-3)7-10-19(25)24-22-20(21(23)26)15-8-5-13(2)11-18(15)29-22/h6-7,9-10,12-13H,4-5,8,11H2,1-3H3,(H2,23,26)(H,24,25). The van der Waals surface area contributed by atoms with Crippen molar-refractivity contribution >= 4 is 34.2 Å². The summed E-state index contributed by atoms with van der Waals surface area (Å²) in [6.07, 6.45) is 5.88. The fourth-order valence-electron chi connectivity index (χ4n) is 3.49. The number of fused-ring (bicyclic) bond motifs is 1. The number of hydrogen-bond acceptors (Lipinski definition) is 5. The lowest BCUT2D eigenvalue weighted by Crippen LogP contribution is -2.18. The average Bonchev–Trinajstić information content (AvgIpc) is 3.04. The molecule has 3 rings (SSSR count).